The molecule has 2 aromatic rings. The molecule has 2 amide bonds. The van der Waals surface area contributed by atoms with E-state index in [0.29, 0.717) is 13.1 Å². The molecular formula is C21H22N2O5. The normalized spacial score (nSPS) is 14.8. The van der Waals surface area contributed by atoms with Crippen molar-refractivity contribution in [2.24, 2.45) is 0 Å². The summed E-state index contributed by atoms with van der Waals surface area (Å²) in [5, 5.41) is 2.47. The van der Waals surface area contributed by atoms with E-state index in [4.69, 9.17) is 9.15 Å². The molecule has 28 heavy (non-hydrogen) atoms. The van der Waals surface area contributed by atoms with E-state index in [-0.39, 0.29) is 18.3 Å². The van der Waals surface area contributed by atoms with Crippen LogP contribution in [0.2, 0.25) is 0 Å². The summed E-state index contributed by atoms with van der Waals surface area (Å²) >= 11 is 0. The fourth-order valence-corrected chi connectivity index (χ4v) is 2.89. The molecule has 0 fully saturated rings. The van der Waals surface area contributed by atoms with Gasteiger partial charge in [-0.2, -0.15) is 0 Å². The molecule has 7 heteroatoms. The van der Waals surface area contributed by atoms with Gasteiger partial charge in [0, 0.05) is 13.1 Å². The number of benzene rings is 1. The number of nitrogens with one attached hydrogen (secondary N) is 1. The van der Waals surface area contributed by atoms with Gasteiger partial charge in [0.1, 0.15) is 6.04 Å². The van der Waals surface area contributed by atoms with Crippen molar-refractivity contribution in [3.63, 3.8) is 0 Å². The molecule has 0 saturated carbocycles. The summed E-state index contributed by atoms with van der Waals surface area (Å²) in [5.41, 5.74) is 2.36. The quantitative estimate of drug-likeness (QED) is 0.774. The first-order valence-electron chi connectivity index (χ1n) is 9.08. The molecule has 1 aromatic carbocycles. The molecule has 2 heterocycles. The zero-order valence-electron chi connectivity index (χ0n) is 15.6. The maximum absolute atomic E-state index is 12.3. The van der Waals surface area contributed by atoms with Gasteiger partial charge in [-0.25, -0.2) is 4.79 Å². The molecule has 0 saturated heterocycles. The second-order valence-electron chi connectivity index (χ2n) is 6.47. The van der Waals surface area contributed by atoms with Gasteiger partial charge >= 0.3 is 5.97 Å². The topological polar surface area (TPSA) is 88.9 Å². The minimum absolute atomic E-state index is 0.102. The number of amides is 2. The molecule has 1 N–H and O–H groups in total. The lowest BCUT2D eigenvalue weighted by atomic mass is 10.00. The highest BCUT2D eigenvalue weighted by Crippen LogP contribution is 2.21. The second kappa shape index (κ2) is 9.03. The van der Waals surface area contributed by atoms with Crippen LogP contribution in [0.25, 0.3) is 5.57 Å². The number of carbonyl (C=O) groups excluding carboxylic acids is 3. The molecule has 146 valence electrons. The van der Waals surface area contributed by atoms with Gasteiger partial charge in [-0.3, -0.25) is 9.59 Å². The minimum atomic E-state index is -0.892. The van der Waals surface area contributed by atoms with Crippen molar-refractivity contribution in [1.82, 2.24) is 10.2 Å². The number of hydrogen-bond acceptors (Lipinski definition) is 5. The second-order valence-corrected chi connectivity index (χ2v) is 6.47. The molecule has 0 radical (unpaired) electrons. The molecule has 1 aliphatic rings. The van der Waals surface area contributed by atoms with Gasteiger partial charge in [0.25, 0.3) is 11.8 Å². The maximum atomic E-state index is 12.3. The van der Waals surface area contributed by atoms with Crippen molar-refractivity contribution < 1.29 is 23.5 Å². The van der Waals surface area contributed by atoms with Crippen molar-refractivity contribution in [1.29, 1.82) is 0 Å². The molecule has 0 bridgehead atoms. The first kappa shape index (κ1) is 19.4. The zero-order valence-corrected chi connectivity index (χ0v) is 15.6. The smallest absolute Gasteiger partial charge is 0.328 e. The monoisotopic (exact) mass is 382 g/mol. The highest BCUT2D eigenvalue weighted by Gasteiger charge is 2.23. The van der Waals surface area contributed by atoms with Crippen LogP contribution in [-0.2, 0) is 14.3 Å². The average molecular weight is 382 g/mol. The van der Waals surface area contributed by atoms with E-state index in [0.717, 1.165) is 12.0 Å². The van der Waals surface area contributed by atoms with Gasteiger partial charge in [0.2, 0.25) is 0 Å². The lowest BCUT2D eigenvalue weighted by Gasteiger charge is -2.26. The Hall–Kier alpha value is -3.35. The summed E-state index contributed by atoms with van der Waals surface area (Å²) < 4.78 is 10.0. The van der Waals surface area contributed by atoms with Crippen LogP contribution in [0, 0.1) is 0 Å². The number of esters is 1. The van der Waals surface area contributed by atoms with E-state index >= 15 is 0 Å². The van der Waals surface area contributed by atoms with E-state index in [2.05, 4.69) is 5.32 Å². The fourth-order valence-electron chi connectivity index (χ4n) is 2.89. The summed E-state index contributed by atoms with van der Waals surface area (Å²) in [5.74, 6) is -1.35. The highest BCUT2D eigenvalue weighted by molar-refractivity contribution is 5.94. The molecular weight excluding hydrogens is 360 g/mol. The van der Waals surface area contributed by atoms with Gasteiger partial charge in [-0.1, -0.05) is 36.4 Å². The Balaban J connectivity index is 1.44. The van der Waals surface area contributed by atoms with Gasteiger partial charge in [0.15, 0.2) is 12.4 Å². The lowest BCUT2D eigenvalue weighted by molar-refractivity contribution is -0.153. The SMILES string of the molecule is C[C@H](NC(=O)c1ccco1)C(=O)OCC(=O)N1CC=C(c2ccccc2)CC1. The van der Waals surface area contributed by atoms with Crippen molar-refractivity contribution in [2.75, 3.05) is 19.7 Å². The predicted octanol–water partition coefficient (Wildman–Crippen LogP) is 2.26. The van der Waals surface area contributed by atoms with Crippen LogP contribution in [-0.4, -0.2) is 48.4 Å². The number of furan rings is 1. The van der Waals surface area contributed by atoms with Crippen LogP contribution in [0.1, 0.15) is 29.5 Å². The summed E-state index contributed by atoms with van der Waals surface area (Å²) in [7, 11) is 0. The molecule has 7 nitrogen and oxygen atoms in total. The van der Waals surface area contributed by atoms with E-state index in [1.807, 2.05) is 36.4 Å². The Morgan fingerprint density at radius 3 is 2.61 bits per heavy atom. The molecule has 1 atom stereocenters. The van der Waals surface area contributed by atoms with Crippen molar-refractivity contribution in [3.05, 3.63) is 66.1 Å². The fraction of sp³-hybridized carbons (Fsp3) is 0.286. The Morgan fingerprint density at radius 2 is 1.96 bits per heavy atom. The summed E-state index contributed by atoms with van der Waals surface area (Å²) in [6, 6.07) is 12.2. The van der Waals surface area contributed by atoms with Crippen LogP contribution < -0.4 is 5.32 Å². The van der Waals surface area contributed by atoms with Crippen LogP contribution in [0.4, 0.5) is 0 Å². The summed E-state index contributed by atoms with van der Waals surface area (Å²) in [4.78, 5) is 37.8. The lowest BCUT2D eigenvalue weighted by Crippen LogP contribution is -2.42. The van der Waals surface area contributed by atoms with Crippen LogP contribution in [0.15, 0.2) is 59.2 Å². The van der Waals surface area contributed by atoms with Crippen molar-refractivity contribution in [3.8, 4) is 0 Å². The third-order valence-electron chi connectivity index (χ3n) is 4.49. The summed E-state index contributed by atoms with van der Waals surface area (Å²) in [6.45, 7) is 2.19. The largest absolute Gasteiger partial charge is 0.459 e. The molecule has 1 aromatic heterocycles. The van der Waals surface area contributed by atoms with Crippen LogP contribution in [0.3, 0.4) is 0 Å². The Bertz CT molecular complexity index is 858. The molecule has 0 spiro atoms. The molecule has 0 unspecified atom stereocenters. The maximum Gasteiger partial charge on any atom is 0.328 e. The van der Waals surface area contributed by atoms with E-state index in [1.54, 1.807) is 11.0 Å². The first-order valence-corrected chi connectivity index (χ1v) is 9.08. The highest BCUT2D eigenvalue weighted by atomic mass is 16.5. The van der Waals surface area contributed by atoms with Crippen LogP contribution >= 0.6 is 0 Å². The van der Waals surface area contributed by atoms with Gasteiger partial charge < -0.3 is 19.4 Å². The number of ether oxygens (including phenoxy) is 1. The molecule has 1 aliphatic heterocycles. The van der Waals surface area contributed by atoms with Gasteiger partial charge in [-0.05, 0) is 36.6 Å². The number of hydrogen-bond donors (Lipinski definition) is 1. The minimum Gasteiger partial charge on any atom is -0.459 e. The molecule has 3 rings (SSSR count). The van der Waals surface area contributed by atoms with Crippen LogP contribution in [0.5, 0.6) is 0 Å². The number of carbonyl (C=O) groups is 3. The third-order valence-corrected chi connectivity index (χ3v) is 4.49. The Labute approximate surface area is 163 Å². The first-order chi connectivity index (χ1) is 13.5. The van der Waals surface area contributed by atoms with Gasteiger partial charge in [-0.15, -0.1) is 0 Å². The van der Waals surface area contributed by atoms with E-state index in [9.17, 15) is 14.4 Å². The van der Waals surface area contributed by atoms with E-state index in [1.165, 1.54) is 24.8 Å². The Kier molecular flexibility index (Phi) is 6.26. The average Bonchev–Trinajstić information content (AvgIpc) is 3.27. The predicted molar refractivity (Wildman–Crippen MR) is 102 cm³/mol. The molecule has 0 aliphatic carbocycles. The van der Waals surface area contributed by atoms with Gasteiger partial charge in [0.05, 0.1) is 6.26 Å². The number of nitrogens with zero attached hydrogens (tertiary/aromatic N) is 1. The number of rotatable bonds is 6. The van der Waals surface area contributed by atoms with E-state index < -0.39 is 17.9 Å². The summed E-state index contributed by atoms with van der Waals surface area (Å²) in [6.07, 6.45) is 4.14. The van der Waals surface area contributed by atoms with Crippen molar-refractivity contribution >= 4 is 23.4 Å². The standard InChI is InChI=1S/C21H22N2O5/c1-15(22-20(25)18-8-5-13-27-18)21(26)28-14-19(24)23-11-9-17(10-12-23)16-6-3-2-4-7-16/h2-9,13,15H,10-12,14H2,1H3,(H,22,25)/t15-/m0/s1. The van der Waals surface area contributed by atoms with Crippen molar-refractivity contribution in [2.45, 2.75) is 19.4 Å². The third kappa shape index (κ3) is 4.88. The Morgan fingerprint density at radius 1 is 1.18 bits per heavy atom. The zero-order chi connectivity index (χ0) is 19.9.